The molecule has 0 saturated carbocycles. The Kier molecular flexibility index (Phi) is 14.9. The molecule has 0 bridgehead atoms. The Morgan fingerprint density at radius 2 is 0.889 bits per heavy atom. The van der Waals surface area contributed by atoms with E-state index in [0.29, 0.717) is 58.8 Å². The minimum atomic E-state index is -0.421. The van der Waals surface area contributed by atoms with Crippen LogP contribution in [0.5, 0.6) is 34.5 Å². The molecule has 0 spiro atoms. The minimum Gasteiger partial charge on any atom is -0.493 e. The third-order valence-corrected chi connectivity index (χ3v) is 7.69. The van der Waals surface area contributed by atoms with Gasteiger partial charge in [0.2, 0.25) is 11.5 Å². The Balaban J connectivity index is 1.30. The van der Waals surface area contributed by atoms with Crippen LogP contribution in [0.2, 0.25) is 0 Å². The van der Waals surface area contributed by atoms with Crippen LogP contribution in [0.4, 0.5) is 0 Å². The summed E-state index contributed by atoms with van der Waals surface area (Å²) in [5.41, 5.74) is 0.711. The smallest absolute Gasteiger partial charge is 0.338 e. The maximum atomic E-state index is 12.6. The second-order valence-corrected chi connectivity index (χ2v) is 10.6. The van der Waals surface area contributed by atoms with Gasteiger partial charge in [-0.25, -0.2) is 9.59 Å². The summed E-state index contributed by atoms with van der Waals surface area (Å²) in [4.78, 5) is 30.1. The molecule has 45 heavy (non-hydrogen) atoms. The molecule has 2 aromatic carbocycles. The molecule has 0 radical (unpaired) electrons. The summed E-state index contributed by atoms with van der Waals surface area (Å²) in [5, 5.41) is 0. The molecular weight excluding hydrogens is 584 g/mol. The first-order valence-electron chi connectivity index (χ1n) is 15.3. The molecule has 250 valence electrons. The Morgan fingerprint density at radius 1 is 0.533 bits per heavy atom. The largest absolute Gasteiger partial charge is 0.493 e. The Bertz CT molecular complexity index is 1090. The predicted molar refractivity (Wildman–Crippen MR) is 169 cm³/mol. The topological polar surface area (TPSA) is 114 Å². The molecule has 1 aliphatic heterocycles. The SMILES string of the molecule is COc1cc(C(=O)OCCCCN2CCCN(CCCCOC(=O)c3cc(OC)c(OC)c(OC)c3)CC2)cc(OC)c1OC. The van der Waals surface area contributed by atoms with Crippen LogP contribution in [0, 0.1) is 0 Å². The lowest BCUT2D eigenvalue weighted by atomic mass is 10.2. The lowest BCUT2D eigenvalue weighted by Crippen LogP contribution is -2.32. The fraction of sp³-hybridized carbons (Fsp3) is 0.576. The molecular formula is C33H48N2O10. The molecule has 1 heterocycles. The molecule has 0 atom stereocenters. The average Bonchev–Trinajstić information content (AvgIpc) is 3.31. The van der Waals surface area contributed by atoms with Gasteiger partial charge < -0.3 is 47.7 Å². The van der Waals surface area contributed by atoms with Crippen LogP contribution in [0.3, 0.4) is 0 Å². The standard InChI is InChI=1S/C33H48N2O10/c1-38-26-20-24(21-27(39-2)30(26)42-5)32(36)44-18-9-7-12-34-14-11-15-35(17-16-34)13-8-10-19-45-33(37)25-22-28(40-3)31(43-6)29(23-25)41-4/h20-23H,7-19H2,1-6H3. The number of rotatable bonds is 18. The number of methoxy groups -OCH3 is 6. The lowest BCUT2D eigenvalue weighted by molar-refractivity contribution is 0.0484. The molecule has 0 amide bonds. The van der Waals surface area contributed by atoms with Crippen molar-refractivity contribution in [1.29, 1.82) is 0 Å². The summed E-state index contributed by atoms with van der Waals surface area (Å²) < 4.78 is 42.9. The van der Waals surface area contributed by atoms with E-state index >= 15 is 0 Å². The highest BCUT2D eigenvalue weighted by molar-refractivity contribution is 5.91. The zero-order valence-electron chi connectivity index (χ0n) is 27.5. The molecule has 12 heteroatoms. The summed E-state index contributed by atoms with van der Waals surface area (Å²) in [5.74, 6) is 1.67. The van der Waals surface area contributed by atoms with Crippen LogP contribution in [-0.2, 0) is 9.47 Å². The highest BCUT2D eigenvalue weighted by Crippen LogP contribution is 2.39. The van der Waals surface area contributed by atoms with Crippen LogP contribution in [0.25, 0.3) is 0 Å². The van der Waals surface area contributed by atoms with Crippen molar-refractivity contribution in [3.05, 3.63) is 35.4 Å². The van der Waals surface area contributed by atoms with Gasteiger partial charge in [0.1, 0.15) is 0 Å². The summed E-state index contributed by atoms with van der Waals surface area (Å²) in [6, 6.07) is 6.38. The van der Waals surface area contributed by atoms with E-state index in [4.69, 9.17) is 37.9 Å². The fourth-order valence-corrected chi connectivity index (χ4v) is 5.24. The van der Waals surface area contributed by atoms with E-state index in [1.165, 1.54) is 42.7 Å². The fourth-order valence-electron chi connectivity index (χ4n) is 5.24. The molecule has 0 N–H and O–H groups in total. The van der Waals surface area contributed by atoms with Gasteiger partial charge in [0.25, 0.3) is 0 Å². The molecule has 2 aromatic rings. The number of unbranched alkanes of at least 4 members (excludes halogenated alkanes) is 2. The zero-order valence-corrected chi connectivity index (χ0v) is 27.5. The van der Waals surface area contributed by atoms with Gasteiger partial charge in [-0.2, -0.15) is 0 Å². The van der Waals surface area contributed by atoms with E-state index < -0.39 is 11.9 Å². The van der Waals surface area contributed by atoms with Crippen molar-refractivity contribution in [3.8, 4) is 34.5 Å². The van der Waals surface area contributed by atoms with Gasteiger partial charge in [0.05, 0.1) is 67.0 Å². The summed E-state index contributed by atoms with van der Waals surface area (Å²) in [6.45, 7) is 6.73. The second kappa shape index (κ2) is 18.8. The van der Waals surface area contributed by atoms with E-state index in [0.717, 1.165) is 71.4 Å². The number of benzene rings is 2. The highest BCUT2D eigenvalue weighted by Gasteiger charge is 2.20. The number of hydrogen-bond donors (Lipinski definition) is 0. The van der Waals surface area contributed by atoms with E-state index in [-0.39, 0.29) is 0 Å². The molecule has 0 aliphatic carbocycles. The maximum Gasteiger partial charge on any atom is 0.338 e. The van der Waals surface area contributed by atoms with Gasteiger partial charge in [-0.05, 0) is 82.5 Å². The Hall–Kier alpha value is -3.90. The molecule has 1 aliphatic rings. The van der Waals surface area contributed by atoms with Crippen molar-refractivity contribution in [2.24, 2.45) is 0 Å². The van der Waals surface area contributed by atoms with E-state index in [1.807, 2.05) is 0 Å². The number of esters is 2. The Labute approximate surface area is 266 Å². The average molecular weight is 633 g/mol. The summed E-state index contributed by atoms with van der Waals surface area (Å²) in [7, 11) is 9.07. The van der Waals surface area contributed by atoms with Crippen molar-refractivity contribution in [2.45, 2.75) is 32.1 Å². The van der Waals surface area contributed by atoms with Crippen molar-refractivity contribution in [2.75, 3.05) is 95.1 Å². The normalized spacial score (nSPS) is 13.8. The third-order valence-electron chi connectivity index (χ3n) is 7.69. The van der Waals surface area contributed by atoms with E-state index in [2.05, 4.69) is 9.80 Å². The highest BCUT2D eigenvalue weighted by atomic mass is 16.5. The van der Waals surface area contributed by atoms with Gasteiger partial charge in [-0.3, -0.25) is 0 Å². The first kappa shape index (κ1) is 35.6. The molecule has 1 fully saturated rings. The third kappa shape index (κ3) is 10.3. The molecule has 12 nitrogen and oxygen atoms in total. The Morgan fingerprint density at radius 3 is 1.20 bits per heavy atom. The molecule has 0 aromatic heterocycles. The van der Waals surface area contributed by atoms with Crippen molar-refractivity contribution in [1.82, 2.24) is 9.80 Å². The number of carbonyl (C=O) groups excluding carboxylic acids is 2. The second-order valence-electron chi connectivity index (χ2n) is 10.6. The maximum absolute atomic E-state index is 12.6. The first-order valence-corrected chi connectivity index (χ1v) is 15.3. The van der Waals surface area contributed by atoms with Crippen LogP contribution in [-0.4, -0.2) is 117 Å². The van der Waals surface area contributed by atoms with Crippen LogP contribution in [0.15, 0.2) is 24.3 Å². The van der Waals surface area contributed by atoms with Gasteiger partial charge in [-0.15, -0.1) is 0 Å². The van der Waals surface area contributed by atoms with Crippen LogP contribution < -0.4 is 28.4 Å². The van der Waals surface area contributed by atoms with Gasteiger partial charge in [0, 0.05) is 13.1 Å². The van der Waals surface area contributed by atoms with Crippen molar-refractivity contribution >= 4 is 11.9 Å². The van der Waals surface area contributed by atoms with Gasteiger partial charge in [0.15, 0.2) is 23.0 Å². The van der Waals surface area contributed by atoms with E-state index in [9.17, 15) is 9.59 Å². The molecule has 0 unspecified atom stereocenters. The number of carbonyl (C=O) groups is 2. The number of hydrogen-bond acceptors (Lipinski definition) is 12. The number of nitrogens with zero attached hydrogens (tertiary/aromatic N) is 2. The van der Waals surface area contributed by atoms with Gasteiger partial charge >= 0.3 is 11.9 Å². The van der Waals surface area contributed by atoms with E-state index in [1.54, 1.807) is 24.3 Å². The van der Waals surface area contributed by atoms with Crippen LogP contribution in [0.1, 0.15) is 52.8 Å². The van der Waals surface area contributed by atoms with Crippen molar-refractivity contribution in [3.63, 3.8) is 0 Å². The minimum absolute atomic E-state index is 0.347. The van der Waals surface area contributed by atoms with Gasteiger partial charge in [-0.1, -0.05) is 0 Å². The monoisotopic (exact) mass is 632 g/mol. The molecule has 1 saturated heterocycles. The lowest BCUT2D eigenvalue weighted by Gasteiger charge is -2.21. The van der Waals surface area contributed by atoms with Crippen LogP contribution >= 0.6 is 0 Å². The summed E-state index contributed by atoms with van der Waals surface area (Å²) in [6.07, 6.45) is 4.56. The first-order chi connectivity index (χ1) is 21.9. The molecule has 3 rings (SSSR count). The summed E-state index contributed by atoms with van der Waals surface area (Å²) >= 11 is 0. The van der Waals surface area contributed by atoms with Crippen molar-refractivity contribution < 1.29 is 47.5 Å². The quantitative estimate of drug-likeness (QED) is 0.172. The zero-order chi connectivity index (χ0) is 32.6. The predicted octanol–water partition coefficient (Wildman–Crippen LogP) is 4.32. The number of ether oxygens (including phenoxy) is 8.